The number of aromatic nitrogens is 1. The molecule has 1 saturated heterocycles. The second-order valence-electron chi connectivity index (χ2n) is 4.78. The average Bonchev–Trinajstić information content (AvgIpc) is 2.40. The zero-order chi connectivity index (χ0) is 11.9. The predicted octanol–water partition coefficient (Wildman–Crippen LogP) is 1.70. The van der Waals surface area contributed by atoms with Gasteiger partial charge in [-0.05, 0) is 56.6 Å². The number of pyridine rings is 1. The average molecular weight is 233 g/mol. The zero-order valence-electron chi connectivity index (χ0n) is 10.7. The normalized spacial score (nSPS) is 18.4. The van der Waals surface area contributed by atoms with E-state index in [4.69, 9.17) is 0 Å². The minimum atomic E-state index is 0.747. The van der Waals surface area contributed by atoms with Crippen molar-refractivity contribution in [2.45, 2.75) is 32.2 Å². The van der Waals surface area contributed by atoms with Gasteiger partial charge in [0.05, 0.1) is 0 Å². The summed E-state index contributed by atoms with van der Waals surface area (Å²) in [6, 6.07) is 4.98. The molecular weight excluding hydrogens is 210 g/mol. The van der Waals surface area contributed by atoms with Gasteiger partial charge >= 0.3 is 0 Å². The van der Waals surface area contributed by atoms with Crippen molar-refractivity contribution in [2.75, 3.05) is 26.2 Å². The van der Waals surface area contributed by atoms with Crippen LogP contribution >= 0.6 is 0 Å². The van der Waals surface area contributed by atoms with Gasteiger partial charge in [0.15, 0.2) is 0 Å². The van der Waals surface area contributed by atoms with E-state index in [9.17, 15) is 0 Å². The molecule has 1 aromatic rings. The minimum absolute atomic E-state index is 0.747. The van der Waals surface area contributed by atoms with Crippen molar-refractivity contribution < 1.29 is 0 Å². The van der Waals surface area contributed by atoms with Crippen LogP contribution in [0.4, 0.5) is 0 Å². The van der Waals surface area contributed by atoms with E-state index in [-0.39, 0.29) is 0 Å². The molecule has 17 heavy (non-hydrogen) atoms. The summed E-state index contributed by atoms with van der Waals surface area (Å²) >= 11 is 0. The topological polar surface area (TPSA) is 28.2 Å². The maximum atomic E-state index is 4.05. The van der Waals surface area contributed by atoms with Gasteiger partial charge in [0.2, 0.25) is 0 Å². The van der Waals surface area contributed by atoms with Gasteiger partial charge in [-0.2, -0.15) is 0 Å². The zero-order valence-corrected chi connectivity index (χ0v) is 10.7. The van der Waals surface area contributed by atoms with Gasteiger partial charge in [0, 0.05) is 25.0 Å². The first kappa shape index (κ1) is 12.5. The molecule has 2 rings (SSSR count). The lowest BCUT2D eigenvalue weighted by Gasteiger charge is -2.32. The third-order valence-corrected chi connectivity index (χ3v) is 3.55. The van der Waals surface area contributed by atoms with Crippen molar-refractivity contribution in [3.63, 3.8) is 0 Å². The summed E-state index contributed by atoms with van der Waals surface area (Å²) in [6.07, 6.45) is 7.50. The summed E-state index contributed by atoms with van der Waals surface area (Å²) in [5.41, 5.74) is 1.40. The van der Waals surface area contributed by atoms with Gasteiger partial charge in [-0.1, -0.05) is 6.92 Å². The number of rotatable bonds is 5. The highest BCUT2D eigenvalue weighted by Crippen LogP contribution is 2.11. The molecule has 0 amide bonds. The van der Waals surface area contributed by atoms with Gasteiger partial charge in [0.25, 0.3) is 0 Å². The number of likely N-dealkylation sites (tertiary alicyclic amines) is 1. The highest BCUT2D eigenvalue weighted by molar-refractivity contribution is 5.09. The Balaban J connectivity index is 1.68. The molecule has 2 heterocycles. The van der Waals surface area contributed by atoms with E-state index in [1.807, 2.05) is 12.4 Å². The smallest absolute Gasteiger partial charge is 0.0270 e. The van der Waals surface area contributed by atoms with E-state index >= 15 is 0 Å². The fourth-order valence-corrected chi connectivity index (χ4v) is 2.49. The Morgan fingerprint density at radius 3 is 2.65 bits per heavy atom. The van der Waals surface area contributed by atoms with Crippen LogP contribution in [-0.4, -0.2) is 42.1 Å². The minimum Gasteiger partial charge on any atom is -0.314 e. The van der Waals surface area contributed by atoms with E-state index in [0.717, 1.165) is 19.0 Å². The molecule has 1 fully saturated rings. The summed E-state index contributed by atoms with van der Waals surface area (Å²) in [6.45, 7) is 6.95. The van der Waals surface area contributed by atoms with Crippen LogP contribution in [-0.2, 0) is 6.42 Å². The number of nitrogens with one attached hydrogen (secondary N) is 1. The number of nitrogens with zero attached hydrogens (tertiary/aromatic N) is 2. The molecule has 94 valence electrons. The fourth-order valence-electron chi connectivity index (χ4n) is 2.49. The van der Waals surface area contributed by atoms with Crippen molar-refractivity contribution in [1.82, 2.24) is 15.2 Å². The second kappa shape index (κ2) is 6.72. The Labute approximate surface area is 104 Å². The van der Waals surface area contributed by atoms with Crippen molar-refractivity contribution in [3.8, 4) is 0 Å². The number of hydrogen-bond acceptors (Lipinski definition) is 3. The van der Waals surface area contributed by atoms with Crippen LogP contribution in [0.5, 0.6) is 0 Å². The molecule has 0 spiro atoms. The molecule has 1 aliphatic rings. The standard InChI is InChI=1S/C14H23N3/c1-2-16-14-6-11-17(12-7-14)10-5-13-3-8-15-9-4-13/h3-4,8-9,14,16H,2,5-7,10-12H2,1H3. The molecule has 1 N–H and O–H groups in total. The van der Waals surface area contributed by atoms with Crippen molar-refractivity contribution in [1.29, 1.82) is 0 Å². The van der Waals surface area contributed by atoms with Crippen molar-refractivity contribution in [3.05, 3.63) is 30.1 Å². The molecule has 0 atom stereocenters. The van der Waals surface area contributed by atoms with Crippen LogP contribution in [0.25, 0.3) is 0 Å². The van der Waals surface area contributed by atoms with E-state index in [0.29, 0.717) is 0 Å². The molecule has 0 saturated carbocycles. The maximum absolute atomic E-state index is 4.05. The van der Waals surface area contributed by atoms with Crippen molar-refractivity contribution >= 4 is 0 Å². The quantitative estimate of drug-likeness (QED) is 0.839. The van der Waals surface area contributed by atoms with E-state index in [2.05, 4.69) is 34.3 Å². The molecule has 1 aliphatic heterocycles. The SMILES string of the molecule is CCNC1CCN(CCc2ccncc2)CC1. The molecule has 0 aliphatic carbocycles. The fraction of sp³-hybridized carbons (Fsp3) is 0.643. The van der Waals surface area contributed by atoms with Crippen LogP contribution in [0.2, 0.25) is 0 Å². The Morgan fingerprint density at radius 1 is 1.29 bits per heavy atom. The van der Waals surface area contributed by atoms with E-state index < -0.39 is 0 Å². The molecule has 0 bridgehead atoms. The lowest BCUT2D eigenvalue weighted by molar-refractivity contribution is 0.201. The van der Waals surface area contributed by atoms with Gasteiger partial charge in [0.1, 0.15) is 0 Å². The lowest BCUT2D eigenvalue weighted by atomic mass is 10.0. The predicted molar refractivity (Wildman–Crippen MR) is 71.1 cm³/mol. The summed E-state index contributed by atoms with van der Waals surface area (Å²) in [5.74, 6) is 0. The monoisotopic (exact) mass is 233 g/mol. The lowest BCUT2D eigenvalue weighted by Crippen LogP contribution is -2.43. The Kier molecular flexibility index (Phi) is 4.95. The Bertz CT molecular complexity index is 305. The van der Waals surface area contributed by atoms with Crippen LogP contribution in [0.1, 0.15) is 25.3 Å². The largest absolute Gasteiger partial charge is 0.314 e. The van der Waals surface area contributed by atoms with Crippen molar-refractivity contribution in [2.24, 2.45) is 0 Å². The molecule has 1 aromatic heterocycles. The summed E-state index contributed by atoms with van der Waals surface area (Å²) in [4.78, 5) is 6.63. The highest BCUT2D eigenvalue weighted by atomic mass is 15.1. The van der Waals surface area contributed by atoms with Gasteiger partial charge in [-0.25, -0.2) is 0 Å². The number of hydrogen-bond donors (Lipinski definition) is 1. The Hall–Kier alpha value is -0.930. The molecule has 3 nitrogen and oxygen atoms in total. The van der Waals surface area contributed by atoms with Gasteiger partial charge in [-0.15, -0.1) is 0 Å². The first-order chi connectivity index (χ1) is 8.38. The third-order valence-electron chi connectivity index (χ3n) is 3.55. The van der Waals surface area contributed by atoms with Gasteiger partial charge in [-0.3, -0.25) is 4.98 Å². The molecule has 3 heteroatoms. The second-order valence-corrected chi connectivity index (χ2v) is 4.78. The van der Waals surface area contributed by atoms with Crippen LogP contribution < -0.4 is 5.32 Å². The molecule has 0 aromatic carbocycles. The van der Waals surface area contributed by atoms with Crippen LogP contribution in [0.15, 0.2) is 24.5 Å². The molecule has 0 unspecified atom stereocenters. The molecule has 0 radical (unpaired) electrons. The maximum Gasteiger partial charge on any atom is 0.0270 e. The summed E-state index contributed by atoms with van der Waals surface area (Å²) in [5, 5.41) is 3.54. The van der Waals surface area contributed by atoms with Gasteiger partial charge < -0.3 is 10.2 Å². The van der Waals surface area contributed by atoms with Crippen LogP contribution in [0.3, 0.4) is 0 Å². The number of piperidine rings is 1. The third kappa shape index (κ3) is 4.10. The summed E-state index contributed by atoms with van der Waals surface area (Å²) in [7, 11) is 0. The van der Waals surface area contributed by atoms with E-state index in [1.54, 1.807) is 0 Å². The van der Waals surface area contributed by atoms with E-state index in [1.165, 1.54) is 38.0 Å². The first-order valence-electron chi connectivity index (χ1n) is 6.73. The first-order valence-corrected chi connectivity index (χ1v) is 6.73. The summed E-state index contributed by atoms with van der Waals surface area (Å²) < 4.78 is 0. The highest BCUT2D eigenvalue weighted by Gasteiger charge is 2.17. The Morgan fingerprint density at radius 2 is 2.00 bits per heavy atom. The van der Waals surface area contributed by atoms with Crippen LogP contribution in [0, 0.1) is 0 Å². The molecular formula is C14H23N3.